The summed E-state index contributed by atoms with van der Waals surface area (Å²) in [5, 5.41) is 0.153. The first-order valence-corrected chi connectivity index (χ1v) is 5.38. The number of hydrogen-bond acceptors (Lipinski definition) is 3. The van der Waals surface area contributed by atoms with Crippen LogP contribution in [-0.4, -0.2) is 36.0 Å². The molecule has 0 amide bonds. The summed E-state index contributed by atoms with van der Waals surface area (Å²) in [5.74, 6) is 0.653. The Labute approximate surface area is 96.0 Å². The van der Waals surface area contributed by atoms with Crippen LogP contribution in [0.5, 0.6) is 5.88 Å². The maximum Gasteiger partial charge on any atom is 0.213 e. The number of hydrogen-bond donors (Lipinski definition) is 0. The van der Waals surface area contributed by atoms with Gasteiger partial charge in [0.1, 0.15) is 0 Å². The van der Waals surface area contributed by atoms with Gasteiger partial charge in [-0.2, -0.15) is 0 Å². The SMILES string of the molecule is COc1cccc(CN(C)CC(C)Cl)n1. The Hall–Kier alpha value is -0.800. The second-order valence-corrected chi connectivity index (χ2v) is 4.39. The Balaban J connectivity index is 2.55. The fourth-order valence-corrected chi connectivity index (χ4v) is 1.67. The molecule has 0 aliphatic rings. The Morgan fingerprint density at radius 2 is 2.27 bits per heavy atom. The third-order valence-corrected chi connectivity index (χ3v) is 2.12. The zero-order chi connectivity index (χ0) is 11.3. The van der Waals surface area contributed by atoms with E-state index in [9.17, 15) is 0 Å². The molecule has 0 bridgehead atoms. The minimum atomic E-state index is 0.153. The number of rotatable bonds is 5. The summed E-state index contributed by atoms with van der Waals surface area (Å²) in [7, 11) is 3.65. The molecule has 1 aromatic heterocycles. The summed E-state index contributed by atoms with van der Waals surface area (Å²) in [6.45, 7) is 3.62. The molecule has 3 nitrogen and oxygen atoms in total. The van der Waals surface area contributed by atoms with E-state index in [2.05, 4.69) is 9.88 Å². The van der Waals surface area contributed by atoms with E-state index >= 15 is 0 Å². The highest BCUT2D eigenvalue weighted by atomic mass is 35.5. The van der Waals surface area contributed by atoms with Crippen molar-refractivity contribution in [1.29, 1.82) is 0 Å². The Morgan fingerprint density at radius 3 is 2.87 bits per heavy atom. The van der Waals surface area contributed by atoms with Crippen LogP contribution in [0.2, 0.25) is 0 Å². The lowest BCUT2D eigenvalue weighted by Crippen LogP contribution is -2.24. The van der Waals surface area contributed by atoms with Crippen LogP contribution in [0.4, 0.5) is 0 Å². The first kappa shape index (κ1) is 12.3. The van der Waals surface area contributed by atoms with Gasteiger partial charge in [0.2, 0.25) is 5.88 Å². The molecule has 4 heteroatoms. The van der Waals surface area contributed by atoms with Crippen molar-refractivity contribution in [3.8, 4) is 5.88 Å². The topological polar surface area (TPSA) is 25.4 Å². The van der Waals surface area contributed by atoms with Crippen molar-refractivity contribution < 1.29 is 4.74 Å². The fraction of sp³-hybridized carbons (Fsp3) is 0.545. The molecule has 1 rings (SSSR count). The molecule has 0 fully saturated rings. The molecule has 0 saturated heterocycles. The zero-order valence-electron chi connectivity index (χ0n) is 9.40. The fourth-order valence-electron chi connectivity index (χ4n) is 1.43. The summed E-state index contributed by atoms with van der Waals surface area (Å²) in [5.41, 5.74) is 0.995. The molecule has 0 N–H and O–H groups in total. The van der Waals surface area contributed by atoms with Crippen molar-refractivity contribution in [3.63, 3.8) is 0 Å². The number of ether oxygens (including phenoxy) is 1. The predicted molar refractivity (Wildman–Crippen MR) is 62.4 cm³/mol. The van der Waals surface area contributed by atoms with Crippen LogP contribution in [0.25, 0.3) is 0 Å². The van der Waals surface area contributed by atoms with Crippen molar-refractivity contribution in [2.45, 2.75) is 18.8 Å². The molecule has 84 valence electrons. The van der Waals surface area contributed by atoms with Gasteiger partial charge in [0, 0.05) is 24.5 Å². The van der Waals surface area contributed by atoms with Gasteiger partial charge in [-0.05, 0) is 20.0 Å². The van der Waals surface area contributed by atoms with Crippen molar-refractivity contribution in [1.82, 2.24) is 9.88 Å². The molecule has 0 radical (unpaired) electrons. The van der Waals surface area contributed by atoms with E-state index in [1.165, 1.54) is 0 Å². The van der Waals surface area contributed by atoms with E-state index in [1.807, 2.05) is 32.2 Å². The van der Waals surface area contributed by atoms with Crippen LogP contribution in [-0.2, 0) is 6.54 Å². The Bertz CT molecular complexity index is 304. The van der Waals surface area contributed by atoms with Gasteiger partial charge < -0.3 is 4.74 Å². The van der Waals surface area contributed by atoms with Crippen LogP contribution >= 0.6 is 11.6 Å². The molecule has 1 unspecified atom stereocenters. The van der Waals surface area contributed by atoms with Gasteiger partial charge in [-0.1, -0.05) is 6.07 Å². The predicted octanol–water partition coefficient (Wildman–Crippen LogP) is 2.15. The highest BCUT2D eigenvalue weighted by Gasteiger charge is 2.05. The minimum Gasteiger partial charge on any atom is -0.481 e. The van der Waals surface area contributed by atoms with Gasteiger partial charge >= 0.3 is 0 Å². The lowest BCUT2D eigenvalue weighted by molar-refractivity contribution is 0.322. The number of methoxy groups -OCH3 is 1. The lowest BCUT2D eigenvalue weighted by atomic mass is 10.3. The standard InChI is InChI=1S/C11H17ClN2O/c1-9(12)7-14(2)8-10-5-4-6-11(13-10)15-3/h4-6,9H,7-8H2,1-3H3. The van der Waals surface area contributed by atoms with E-state index in [4.69, 9.17) is 16.3 Å². The zero-order valence-corrected chi connectivity index (χ0v) is 10.2. The van der Waals surface area contributed by atoms with E-state index in [0.29, 0.717) is 5.88 Å². The molecule has 0 spiro atoms. The summed E-state index contributed by atoms with van der Waals surface area (Å²) < 4.78 is 5.06. The van der Waals surface area contributed by atoms with Gasteiger partial charge in [0.25, 0.3) is 0 Å². The number of pyridine rings is 1. The Kier molecular flexibility index (Phi) is 4.85. The van der Waals surface area contributed by atoms with Crippen LogP contribution < -0.4 is 4.74 Å². The summed E-state index contributed by atoms with van der Waals surface area (Å²) in [6, 6.07) is 5.77. The minimum absolute atomic E-state index is 0.153. The molecule has 15 heavy (non-hydrogen) atoms. The quantitative estimate of drug-likeness (QED) is 0.723. The molecular weight excluding hydrogens is 212 g/mol. The van der Waals surface area contributed by atoms with Crippen LogP contribution in [0, 0.1) is 0 Å². The summed E-state index contributed by atoms with van der Waals surface area (Å²) in [4.78, 5) is 6.47. The number of nitrogens with zero attached hydrogens (tertiary/aromatic N) is 2. The van der Waals surface area contributed by atoms with E-state index in [0.717, 1.165) is 18.8 Å². The van der Waals surface area contributed by atoms with Crippen molar-refractivity contribution in [2.75, 3.05) is 20.7 Å². The maximum absolute atomic E-state index is 5.91. The van der Waals surface area contributed by atoms with E-state index in [1.54, 1.807) is 7.11 Å². The lowest BCUT2D eigenvalue weighted by Gasteiger charge is -2.17. The first-order chi connectivity index (χ1) is 7.11. The smallest absolute Gasteiger partial charge is 0.213 e. The average molecular weight is 229 g/mol. The molecular formula is C11H17ClN2O. The third-order valence-electron chi connectivity index (χ3n) is 1.99. The number of aromatic nitrogens is 1. The van der Waals surface area contributed by atoms with Gasteiger partial charge in [-0.3, -0.25) is 4.90 Å². The molecule has 0 aromatic carbocycles. The Morgan fingerprint density at radius 1 is 1.53 bits per heavy atom. The van der Waals surface area contributed by atoms with Gasteiger partial charge in [0.05, 0.1) is 12.8 Å². The average Bonchev–Trinajstić information content (AvgIpc) is 2.16. The molecule has 1 heterocycles. The molecule has 1 atom stereocenters. The third kappa shape index (κ3) is 4.49. The first-order valence-electron chi connectivity index (χ1n) is 4.94. The maximum atomic E-state index is 5.91. The highest BCUT2D eigenvalue weighted by Crippen LogP contribution is 2.09. The van der Waals surface area contributed by atoms with Crippen molar-refractivity contribution in [3.05, 3.63) is 23.9 Å². The van der Waals surface area contributed by atoms with Crippen molar-refractivity contribution >= 4 is 11.6 Å². The van der Waals surface area contributed by atoms with Gasteiger partial charge in [-0.25, -0.2) is 4.98 Å². The molecule has 0 aliphatic heterocycles. The second-order valence-electron chi connectivity index (χ2n) is 3.65. The molecule has 1 aromatic rings. The normalized spacial score (nSPS) is 12.9. The van der Waals surface area contributed by atoms with Crippen LogP contribution in [0.3, 0.4) is 0 Å². The van der Waals surface area contributed by atoms with Crippen LogP contribution in [0.15, 0.2) is 18.2 Å². The summed E-state index contributed by atoms with van der Waals surface area (Å²) in [6.07, 6.45) is 0. The molecule has 0 aliphatic carbocycles. The number of halogens is 1. The summed E-state index contributed by atoms with van der Waals surface area (Å²) >= 11 is 5.91. The van der Waals surface area contributed by atoms with Crippen LogP contribution in [0.1, 0.15) is 12.6 Å². The number of alkyl halides is 1. The van der Waals surface area contributed by atoms with Crippen molar-refractivity contribution in [2.24, 2.45) is 0 Å². The van der Waals surface area contributed by atoms with E-state index in [-0.39, 0.29) is 5.38 Å². The highest BCUT2D eigenvalue weighted by molar-refractivity contribution is 6.20. The second kappa shape index (κ2) is 5.93. The van der Waals surface area contributed by atoms with Gasteiger partial charge in [0.15, 0.2) is 0 Å². The van der Waals surface area contributed by atoms with E-state index < -0.39 is 0 Å². The van der Waals surface area contributed by atoms with Gasteiger partial charge in [-0.15, -0.1) is 11.6 Å². The molecule has 0 saturated carbocycles. The monoisotopic (exact) mass is 228 g/mol. The largest absolute Gasteiger partial charge is 0.481 e.